The lowest BCUT2D eigenvalue weighted by Crippen LogP contribution is -2.15. The van der Waals surface area contributed by atoms with Crippen LogP contribution in [0.5, 0.6) is 0 Å². The van der Waals surface area contributed by atoms with Crippen LogP contribution in [-0.2, 0) is 16.0 Å². The van der Waals surface area contributed by atoms with Crippen molar-refractivity contribution in [3.63, 3.8) is 0 Å². The average Bonchev–Trinajstić information content (AvgIpc) is 3.10. The number of hydrogen-bond donors (Lipinski definition) is 2. The first kappa shape index (κ1) is 19.6. The van der Waals surface area contributed by atoms with Gasteiger partial charge in [0, 0.05) is 30.4 Å². The molecule has 0 saturated carbocycles. The monoisotopic (exact) mass is 395 g/mol. The van der Waals surface area contributed by atoms with E-state index in [2.05, 4.69) is 20.8 Å². The van der Waals surface area contributed by atoms with Crippen LogP contribution >= 0.6 is 11.8 Å². The number of aryl methyl sites for hydroxylation is 1. The van der Waals surface area contributed by atoms with E-state index in [1.165, 1.54) is 18.7 Å². The summed E-state index contributed by atoms with van der Waals surface area (Å²) in [6, 6.07) is 16.9. The van der Waals surface area contributed by atoms with Crippen LogP contribution in [0.2, 0.25) is 0 Å². The summed E-state index contributed by atoms with van der Waals surface area (Å²) in [6.45, 7) is 3.46. The standard InChI is InChI=1S/C20H21N5O2S/c1-3-18-23-24-20(25(18)17-10-5-4-6-11-17)28-13-19(27)22-16-9-7-8-15(12-16)21-14(2)26/h4-12H,3,13H2,1-2H3,(H,21,26)(H,22,27). The highest BCUT2D eigenvalue weighted by molar-refractivity contribution is 7.99. The second-order valence-corrected chi connectivity index (χ2v) is 6.96. The van der Waals surface area contributed by atoms with Crippen molar-refractivity contribution in [2.75, 3.05) is 16.4 Å². The second kappa shape index (κ2) is 9.18. The van der Waals surface area contributed by atoms with Crippen molar-refractivity contribution in [1.29, 1.82) is 0 Å². The van der Waals surface area contributed by atoms with Gasteiger partial charge in [-0.1, -0.05) is 43.0 Å². The summed E-state index contributed by atoms with van der Waals surface area (Å²) in [4.78, 5) is 23.5. The normalized spacial score (nSPS) is 10.5. The van der Waals surface area contributed by atoms with E-state index in [4.69, 9.17) is 0 Å². The van der Waals surface area contributed by atoms with Gasteiger partial charge in [-0.25, -0.2) is 0 Å². The Balaban J connectivity index is 1.67. The second-order valence-electron chi connectivity index (χ2n) is 6.02. The van der Waals surface area contributed by atoms with Crippen LogP contribution in [0.15, 0.2) is 59.8 Å². The predicted octanol–water partition coefficient (Wildman–Crippen LogP) is 3.52. The molecule has 7 nitrogen and oxygen atoms in total. The molecule has 2 aromatic carbocycles. The average molecular weight is 395 g/mol. The van der Waals surface area contributed by atoms with Crippen molar-refractivity contribution in [3.05, 3.63) is 60.4 Å². The Labute approximate surface area is 167 Å². The molecule has 0 unspecified atom stereocenters. The number of benzene rings is 2. The minimum atomic E-state index is -0.161. The van der Waals surface area contributed by atoms with E-state index >= 15 is 0 Å². The Morgan fingerprint density at radius 1 is 1.00 bits per heavy atom. The largest absolute Gasteiger partial charge is 0.326 e. The zero-order valence-electron chi connectivity index (χ0n) is 15.7. The smallest absolute Gasteiger partial charge is 0.234 e. The quantitative estimate of drug-likeness (QED) is 0.598. The molecule has 1 aromatic heterocycles. The molecular formula is C20H21N5O2S. The molecular weight excluding hydrogens is 374 g/mol. The number of carbonyl (C=O) groups excluding carboxylic acids is 2. The predicted molar refractivity (Wildman–Crippen MR) is 111 cm³/mol. The molecule has 0 radical (unpaired) electrons. The fourth-order valence-corrected chi connectivity index (χ4v) is 3.44. The maximum atomic E-state index is 12.4. The van der Waals surface area contributed by atoms with Crippen molar-refractivity contribution in [1.82, 2.24) is 14.8 Å². The minimum absolute atomic E-state index is 0.161. The molecule has 1 heterocycles. The van der Waals surface area contributed by atoms with Crippen molar-refractivity contribution in [2.24, 2.45) is 0 Å². The number of nitrogens with zero attached hydrogens (tertiary/aromatic N) is 3. The fourth-order valence-electron chi connectivity index (χ4n) is 2.66. The third-order valence-corrected chi connectivity index (χ3v) is 4.76. The summed E-state index contributed by atoms with van der Waals surface area (Å²) in [6.07, 6.45) is 0.741. The number of amides is 2. The number of nitrogens with one attached hydrogen (secondary N) is 2. The van der Waals surface area contributed by atoms with Gasteiger partial charge in [0.2, 0.25) is 11.8 Å². The molecule has 3 rings (SSSR count). The molecule has 0 saturated heterocycles. The fraction of sp³-hybridized carbons (Fsp3) is 0.200. The summed E-state index contributed by atoms with van der Waals surface area (Å²) < 4.78 is 1.97. The lowest BCUT2D eigenvalue weighted by molar-refractivity contribution is -0.114. The molecule has 144 valence electrons. The van der Waals surface area contributed by atoms with E-state index in [0.717, 1.165) is 17.9 Å². The summed E-state index contributed by atoms with van der Waals surface area (Å²) in [5.41, 5.74) is 2.22. The molecule has 0 aliphatic carbocycles. The number of carbonyl (C=O) groups is 2. The van der Waals surface area contributed by atoms with Gasteiger partial charge in [-0.15, -0.1) is 10.2 Å². The van der Waals surface area contributed by atoms with Crippen molar-refractivity contribution in [2.45, 2.75) is 25.4 Å². The van der Waals surface area contributed by atoms with E-state index in [9.17, 15) is 9.59 Å². The third-order valence-electron chi connectivity index (χ3n) is 3.83. The van der Waals surface area contributed by atoms with Crippen LogP contribution in [0.25, 0.3) is 5.69 Å². The van der Waals surface area contributed by atoms with E-state index in [1.807, 2.05) is 41.8 Å². The molecule has 8 heteroatoms. The van der Waals surface area contributed by atoms with Crippen molar-refractivity contribution < 1.29 is 9.59 Å². The highest BCUT2D eigenvalue weighted by atomic mass is 32.2. The molecule has 0 bridgehead atoms. The van der Waals surface area contributed by atoms with Gasteiger partial charge >= 0.3 is 0 Å². The van der Waals surface area contributed by atoms with Gasteiger partial charge in [0.05, 0.1) is 5.75 Å². The van der Waals surface area contributed by atoms with Gasteiger partial charge in [-0.05, 0) is 30.3 Å². The topological polar surface area (TPSA) is 88.9 Å². The SMILES string of the molecule is CCc1nnc(SCC(=O)Nc2cccc(NC(C)=O)c2)n1-c1ccccc1. The molecule has 2 amide bonds. The van der Waals surface area contributed by atoms with Crippen LogP contribution in [-0.4, -0.2) is 32.3 Å². The van der Waals surface area contributed by atoms with Gasteiger partial charge in [-0.3, -0.25) is 14.2 Å². The van der Waals surface area contributed by atoms with Gasteiger partial charge < -0.3 is 10.6 Å². The molecule has 0 aliphatic rings. The number of thioether (sulfide) groups is 1. The van der Waals surface area contributed by atoms with Crippen LogP contribution in [0.4, 0.5) is 11.4 Å². The van der Waals surface area contributed by atoms with E-state index in [-0.39, 0.29) is 17.6 Å². The highest BCUT2D eigenvalue weighted by Crippen LogP contribution is 2.23. The summed E-state index contributed by atoms with van der Waals surface area (Å²) in [5.74, 6) is 0.715. The number of hydrogen-bond acceptors (Lipinski definition) is 5. The summed E-state index contributed by atoms with van der Waals surface area (Å²) >= 11 is 1.33. The summed E-state index contributed by atoms with van der Waals surface area (Å²) in [5, 5.41) is 14.7. The zero-order valence-corrected chi connectivity index (χ0v) is 16.5. The maximum absolute atomic E-state index is 12.4. The zero-order chi connectivity index (χ0) is 19.9. The number of para-hydroxylation sites is 1. The van der Waals surface area contributed by atoms with Crippen LogP contribution < -0.4 is 10.6 Å². The highest BCUT2D eigenvalue weighted by Gasteiger charge is 2.14. The van der Waals surface area contributed by atoms with Gasteiger partial charge in [0.25, 0.3) is 0 Å². The Kier molecular flexibility index (Phi) is 6.44. The van der Waals surface area contributed by atoms with Gasteiger partial charge in [0.15, 0.2) is 5.16 Å². The lowest BCUT2D eigenvalue weighted by atomic mass is 10.2. The molecule has 3 aromatic rings. The Hall–Kier alpha value is -3.13. The van der Waals surface area contributed by atoms with Crippen LogP contribution in [0.3, 0.4) is 0 Å². The lowest BCUT2D eigenvalue weighted by Gasteiger charge is -2.10. The Morgan fingerprint density at radius 2 is 1.71 bits per heavy atom. The van der Waals surface area contributed by atoms with Crippen LogP contribution in [0.1, 0.15) is 19.7 Å². The molecule has 2 N–H and O–H groups in total. The first-order chi connectivity index (χ1) is 13.6. The number of anilines is 2. The van der Waals surface area contributed by atoms with Gasteiger partial charge in [-0.2, -0.15) is 0 Å². The molecule has 0 aliphatic heterocycles. The molecule has 0 atom stereocenters. The molecule has 28 heavy (non-hydrogen) atoms. The summed E-state index contributed by atoms with van der Waals surface area (Å²) in [7, 11) is 0. The van der Waals surface area contributed by atoms with E-state index in [0.29, 0.717) is 16.5 Å². The van der Waals surface area contributed by atoms with E-state index < -0.39 is 0 Å². The van der Waals surface area contributed by atoms with Crippen molar-refractivity contribution in [3.8, 4) is 5.69 Å². The number of aromatic nitrogens is 3. The third kappa shape index (κ3) is 4.98. The Morgan fingerprint density at radius 3 is 2.39 bits per heavy atom. The molecule has 0 fully saturated rings. The van der Waals surface area contributed by atoms with Crippen LogP contribution in [0, 0.1) is 0 Å². The maximum Gasteiger partial charge on any atom is 0.234 e. The van der Waals surface area contributed by atoms with Gasteiger partial charge in [0.1, 0.15) is 5.82 Å². The number of rotatable bonds is 7. The van der Waals surface area contributed by atoms with Crippen molar-refractivity contribution >= 4 is 35.0 Å². The molecule has 0 spiro atoms. The Bertz CT molecular complexity index is 972. The first-order valence-corrected chi connectivity index (χ1v) is 9.85. The minimum Gasteiger partial charge on any atom is -0.326 e. The van der Waals surface area contributed by atoms with E-state index in [1.54, 1.807) is 24.3 Å². The first-order valence-electron chi connectivity index (χ1n) is 8.87.